The molecule has 7 nitrogen and oxygen atoms in total. The standard InChI is InChI=1S/C15H20N4O3S/c1-2-18-11-13(6-7-14(18)20)17-23(21,22)15-8-9-16-19(15)10-12-4-3-5-12/h6-9,11-12,17H,2-5,10H2,1H3. The van der Waals surface area contributed by atoms with E-state index in [0.29, 0.717) is 24.7 Å². The van der Waals surface area contributed by atoms with Gasteiger partial charge in [-0.15, -0.1) is 0 Å². The first kappa shape index (κ1) is 15.8. The van der Waals surface area contributed by atoms with Crippen molar-refractivity contribution >= 4 is 15.7 Å². The maximum Gasteiger partial charge on any atom is 0.279 e. The van der Waals surface area contributed by atoms with Crippen molar-refractivity contribution in [3.8, 4) is 0 Å². The predicted octanol–water partition coefficient (Wildman–Crippen LogP) is 1.67. The van der Waals surface area contributed by atoms with Crippen LogP contribution in [-0.2, 0) is 23.1 Å². The molecule has 0 amide bonds. The highest BCUT2D eigenvalue weighted by atomic mass is 32.2. The summed E-state index contributed by atoms with van der Waals surface area (Å²) in [6.45, 7) is 2.93. The van der Waals surface area contributed by atoms with Gasteiger partial charge in [0.1, 0.15) is 0 Å². The van der Waals surface area contributed by atoms with Gasteiger partial charge in [0.15, 0.2) is 5.03 Å². The summed E-state index contributed by atoms with van der Waals surface area (Å²) in [6, 6.07) is 4.32. The lowest BCUT2D eigenvalue weighted by molar-refractivity contribution is 0.258. The fourth-order valence-corrected chi connectivity index (χ4v) is 3.83. The highest BCUT2D eigenvalue weighted by molar-refractivity contribution is 7.92. The van der Waals surface area contributed by atoms with Gasteiger partial charge in [-0.3, -0.25) is 14.2 Å². The van der Waals surface area contributed by atoms with E-state index < -0.39 is 10.0 Å². The molecule has 0 aromatic carbocycles. The lowest BCUT2D eigenvalue weighted by atomic mass is 9.85. The Bertz CT molecular complexity index is 850. The maximum absolute atomic E-state index is 12.6. The highest BCUT2D eigenvalue weighted by Gasteiger charge is 2.24. The Hall–Kier alpha value is -2.09. The topological polar surface area (TPSA) is 86.0 Å². The van der Waals surface area contributed by atoms with Crippen molar-refractivity contribution in [2.45, 2.75) is 44.3 Å². The van der Waals surface area contributed by atoms with Crippen LogP contribution in [0.3, 0.4) is 0 Å². The van der Waals surface area contributed by atoms with Gasteiger partial charge in [0, 0.05) is 25.4 Å². The zero-order valence-corrected chi connectivity index (χ0v) is 13.8. The highest BCUT2D eigenvalue weighted by Crippen LogP contribution is 2.28. The molecule has 3 rings (SSSR count). The van der Waals surface area contributed by atoms with Gasteiger partial charge in [-0.2, -0.15) is 13.5 Å². The van der Waals surface area contributed by atoms with Crippen LogP contribution in [0.4, 0.5) is 5.69 Å². The maximum atomic E-state index is 12.6. The van der Waals surface area contributed by atoms with E-state index in [9.17, 15) is 13.2 Å². The van der Waals surface area contributed by atoms with Gasteiger partial charge in [-0.25, -0.2) is 0 Å². The molecule has 0 aliphatic heterocycles. The van der Waals surface area contributed by atoms with Gasteiger partial charge in [0.05, 0.1) is 11.9 Å². The molecule has 1 N–H and O–H groups in total. The summed E-state index contributed by atoms with van der Waals surface area (Å²) in [7, 11) is -3.73. The molecule has 0 unspecified atom stereocenters. The first-order chi connectivity index (χ1) is 11.0. The molecule has 23 heavy (non-hydrogen) atoms. The SMILES string of the molecule is CCn1cc(NS(=O)(=O)c2ccnn2CC2CCC2)ccc1=O. The van der Waals surface area contributed by atoms with Gasteiger partial charge in [0.25, 0.3) is 15.6 Å². The van der Waals surface area contributed by atoms with E-state index in [-0.39, 0.29) is 10.6 Å². The largest absolute Gasteiger partial charge is 0.314 e. The minimum atomic E-state index is -3.73. The number of aryl methyl sites for hydroxylation is 1. The van der Waals surface area contributed by atoms with Crippen molar-refractivity contribution in [1.82, 2.24) is 14.3 Å². The third kappa shape index (κ3) is 3.31. The van der Waals surface area contributed by atoms with E-state index in [1.54, 1.807) is 4.68 Å². The molecule has 0 spiro atoms. The van der Waals surface area contributed by atoms with E-state index in [1.807, 2.05) is 6.92 Å². The molecular weight excluding hydrogens is 316 g/mol. The Morgan fingerprint density at radius 2 is 2.09 bits per heavy atom. The molecule has 0 saturated heterocycles. The molecule has 1 fully saturated rings. The number of sulfonamides is 1. The van der Waals surface area contributed by atoms with Crippen LogP contribution in [0.1, 0.15) is 26.2 Å². The monoisotopic (exact) mass is 336 g/mol. The molecule has 2 aromatic heterocycles. The molecule has 2 aromatic rings. The second-order valence-electron chi connectivity index (χ2n) is 5.80. The summed E-state index contributed by atoms with van der Waals surface area (Å²) in [5.74, 6) is 0.505. The van der Waals surface area contributed by atoms with Crippen molar-refractivity contribution in [2.75, 3.05) is 4.72 Å². The van der Waals surface area contributed by atoms with E-state index in [4.69, 9.17) is 0 Å². The summed E-state index contributed by atoms with van der Waals surface area (Å²) in [5.41, 5.74) is 0.202. The quantitative estimate of drug-likeness (QED) is 0.869. The Balaban J connectivity index is 1.84. The number of anilines is 1. The molecule has 0 bridgehead atoms. The fraction of sp³-hybridized carbons (Fsp3) is 0.467. The molecule has 1 aliphatic carbocycles. The van der Waals surface area contributed by atoms with Crippen LogP contribution in [-0.4, -0.2) is 22.8 Å². The van der Waals surface area contributed by atoms with E-state index in [1.165, 1.54) is 41.6 Å². The summed E-state index contributed by atoms with van der Waals surface area (Å²) >= 11 is 0. The van der Waals surface area contributed by atoms with E-state index in [2.05, 4.69) is 9.82 Å². The van der Waals surface area contributed by atoms with Crippen molar-refractivity contribution in [1.29, 1.82) is 0 Å². The molecule has 1 saturated carbocycles. The van der Waals surface area contributed by atoms with Gasteiger partial charge < -0.3 is 4.57 Å². The average molecular weight is 336 g/mol. The normalized spacial score (nSPS) is 15.3. The lowest BCUT2D eigenvalue weighted by Gasteiger charge is -2.25. The van der Waals surface area contributed by atoms with Crippen molar-refractivity contribution < 1.29 is 8.42 Å². The predicted molar refractivity (Wildman–Crippen MR) is 86.8 cm³/mol. The van der Waals surface area contributed by atoms with Gasteiger partial charge in [-0.1, -0.05) is 6.42 Å². The van der Waals surface area contributed by atoms with Crippen LogP contribution in [0.2, 0.25) is 0 Å². The lowest BCUT2D eigenvalue weighted by Crippen LogP contribution is -2.24. The molecule has 8 heteroatoms. The van der Waals surface area contributed by atoms with Gasteiger partial charge in [-0.05, 0) is 37.8 Å². The minimum Gasteiger partial charge on any atom is -0.314 e. The number of hydrogen-bond acceptors (Lipinski definition) is 4. The zero-order valence-electron chi connectivity index (χ0n) is 13.0. The van der Waals surface area contributed by atoms with Crippen LogP contribution in [0.15, 0.2) is 40.4 Å². The third-order valence-corrected chi connectivity index (χ3v) is 5.59. The molecule has 1 aliphatic rings. The third-order valence-electron chi connectivity index (χ3n) is 4.19. The Morgan fingerprint density at radius 1 is 1.30 bits per heavy atom. The zero-order chi connectivity index (χ0) is 16.4. The summed E-state index contributed by atoms with van der Waals surface area (Å²) in [6.07, 6.45) is 6.44. The number of hydrogen-bond donors (Lipinski definition) is 1. The first-order valence-electron chi connectivity index (χ1n) is 7.74. The summed E-state index contributed by atoms with van der Waals surface area (Å²) in [4.78, 5) is 11.6. The van der Waals surface area contributed by atoms with Crippen molar-refractivity contribution in [2.24, 2.45) is 5.92 Å². The van der Waals surface area contributed by atoms with Gasteiger partial charge >= 0.3 is 0 Å². The van der Waals surface area contributed by atoms with E-state index in [0.717, 1.165) is 12.8 Å². The van der Waals surface area contributed by atoms with Crippen molar-refractivity contribution in [3.05, 3.63) is 40.9 Å². The average Bonchev–Trinajstić information content (AvgIpc) is 2.94. The van der Waals surface area contributed by atoms with E-state index >= 15 is 0 Å². The molecular formula is C15H20N4O3S. The second kappa shape index (κ2) is 6.19. The molecule has 0 atom stereocenters. The van der Waals surface area contributed by atoms with Crippen LogP contribution in [0, 0.1) is 5.92 Å². The number of rotatable bonds is 6. The Morgan fingerprint density at radius 3 is 2.74 bits per heavy atom. The Labute approximate surface area is 135 Å². The number of aromatic nitrogens is 3. The number of nitrogens with zero attached hydrogens (tertiary/aromatic N) is 3. The van der Waals surface area contributed by atoms with Gasteiger partial charge in [0.2, 0.25) is 0 Å². The minimum absolute atomic E-state index is 0.152. The van der Waals surface area contributed by atoms with Crippen LogP contribution in [0.25, 0.3) is 0 Å². The molecule has 0 radical (unpaired) electrons. The first-order valence-corrected chi connectivity index (χ1v) is 9.23. The number of nitrogens with one attached hydrogen (secondary N) is 1. The summed E-state index contributed by atoms with van der Waals surface area (Å²) < 4.78 is 30.7. The van der Waals surface area contributed by atoms with Crippen LogP contribution in [0.5, 0.6) is 0 Å². The van der Waals surface area contributed by atoms with Crippen molar-refractivity contribution in [3.63, 3.8) is 0 Å². The second-order valence-corrected chi connectivity index (χ2v) is 7.43. The summed E-state index contributed by atoms with van der Waals surface area (Å²) in [5, 5.41) is 4.29. The molecule has 2 heterocycles. The Kier molecular flexibility index (Phi) is 4.25. The van der Waals surface area contributed by atoms with Crippen LogP contribution < -0.4 is 10.3 Å². The van der Waals surface area contributed by atoms with Crippen LogP contribution >= 0.6 is 0 Å². The fourth-order valence-electron chi connectivity index (χ4n) is 2.65. The smallest absolute Gasteiger partial charge is 0.279 e. The molecule has 124 valence electrons. The number of pyridine rings is 1.